The fraction of sp³-hybridized carbons (Fsp3) is 0.333. The van der Waals surface area contributed by atoms with Gasteiger partial charge in [-0.15, -0.1) is 6.42 Å². The van der Waals surface area contributed by atoms with E-state index in [2.05, 4.69) is 5.92 Å². The topological polar surface area (TPSA) is 57.6 Å². The highest BCUT2D eigenvalue weighted by Gasteiger charge is 2.33. The van der Waals surface area contributed by atoms with Gasteiger partial charge in [-0.25, -0.2) is 4.79 Å². The number of rotatable bonds is 2. The van der Waals surface area contributed by atoms with Gasteiger partial charge in [-0.2, -0.15) is 0 Å². The van der Waals surface area contributed by atoms with Gasteiger partial charge < -0.3 is 10.0 Å². The summed E-state index contributed by atoms with van der Waals surface area (Å²) >= 11 is 6.06. The Hall–Kier alpha value is -1.99. The number of carbonyl (C=O) groups excluding carboxylic acids is 1. The van der Waals surface area contributed by atoms with E-state index in [1.165, 1.54) is 11.0 Å². The SMILES string of the molecule is C#Cc1ccc(C(=O)N2CCCCC2C(=O)O)c(Cl)c1. The normalized spacial score (nSPS) is 18.4. The van der Waals surface area contributed by atoms with E-state index in [1.54, 1.807) is 12.1 Å². The van der Waals surface area contributed by atoms with E-state index in [1.807, 2.05) is 0 Å². The summed E-state index contributed by atoms with van der Waals surface area (Å²) in [5, 5.41) is 9.45. The zero-order valence-corrected chi connectivity index (χ0v) is 11.6. The number of carbonyl (C=O) groups is 2. The van der Waals surface area contributed by atoms with E-state index in [-0.39, 0.29) is 10.9 Å². The lowest BCUT2D eigenvalue weighted by atomic mass is 10.0. The molecule has 1 aromatic carbocycles. The number of hydrogen-bond donors (Lipinski definition) is 1. The molecule has 0 radical (unpaired) electrons. The molecule has 1 heterocycles. The van der Waals surface area contributed by atoms with Gasteiger partial charge in [-0.1, -0.05) is 17.5 Å². The third-order valence-electron chi connectivity index (χ3n) is 3.41. The first kappa shape index (κ1) is 14.4. The van der Waals surface area contributed by atoms with E-state index in [4.69, 9.17) is 18.0 Å². The minimum Gasteiger partial charge on any atom is -0.480 e. The molecular formula is C15H14ClNO3. The van der Waals surface area contributed by atoms with Crippen LogP contribution in [0.2, 0.25) is 5.02 Å². The lowest BCUT2D eigenvalue weighted by Crippen LogP contribution is -2.48. The first-order valence-electron chi connectivity index (χ1n) is 6.34. The van der Waals surface area contributed by atoms with Crippen LogP contribution in [-0.4, -0.2) is 34.5 Å². The number of benzene rings is 1. The van der Waals surface area contributed by atoms with Crippen molar-refractivity contribution in [3.63, 3.8) is 0 Å². The van der Waals surface area contributed by atoms with Crippen molar-refractivity contribution < 1.29 is 14.7 Å². The second-order valence-corrected chi connectivity index (χ2v) is 5.09. The largest absolute Gasteiger partial charge is 0.480 e. The summed E-state index contributed by atoms with van der Waals surface area (Å²) in [6.07, 6.45) is 7.35. The summed E-state index contributed by atoms with van der Waals surface area (Å²) in [4.78, 5) is 25.1. The smallest absolute Gasteiger partial charge is 0.326 e. The van der Waals surface area contributed by atoms with Gasteiger partial charge in [0.15, 0.2) is 0 Å². The molecule has 1 fully saturated rings. The quantitative estimate of drug-likeness (QED) is 0.851. The molecule has 1 aliphatic heterocycles. The Morgan fingerprint density at radius 3 is 2.75 bits per heavy atom. The van der Waals surface area contributed by atoms with Crippen molar-refractivity contribution in [3.8, 4) is 12.3 Å². The minimum absolute atomic E-state index is 0.250. The zero-order chi connectivity index (χ0) is 14.7. The average molecular weight is 292 g/mol. The Balaban J connectivity index is 2.30. The molecule has 0 saturated carbocycles. The predicted molar refractivity (Wildman–Crippen MR) is 75.7 cm³/mol. The number of carboxylic acids is 1. The van der Waals surface area contributed by atoms with Gasteiger partial charge in [-0.05, 0) is 37.5 Å². The second-order valence-electron chi connectivity index (χ2n) is 4.69. The van der Waals surface area contributed by atoms with Gasteiger partial charge in [0.2, 0.25) is 0 Å². The Labute approximate surface area is 122 Å². The molecule has 2 rings (SSSR count). The maximum atomic E-state index is 12.5. The third-order valence-corrected chi connectivity index (χ3v) is 3.73. The minimum atomic E-state index is -0.977. The molecule has 1 unspecified atom stereocenters. The van der Waals surface area contributed by atoms with Crippen LogP contribution in [0.3, 0.4) is 0 Å². The fourth-order valence-corrected chi connectivity index (χ4v) is 2.63. The first-order valence-corrected chi connectivity index (χ1v) is 6.72. The van der Waals surface area contributed by atoms with Crippen molar-refractivity contribution in [2.75, 3.05) is 6.54 Å². The lowest BCUT2D eigenvalue weighted by molar-refractivity contribution is -0.143. The van der Waals surface area contributed by atoms with Crippen LogP contribution in [0.15, 0.2) is 18.2 Å². The molecule has 1 aliphatic rings. The maximum absolute atomic E-state index is 12.5. The summed E-state index contributed by atoms with van der Waals surface area (Å²) in [6, 6.07) is 3.93. The highest BCUT2D eigenvalue weighted by Crippen LogP contribution is 2.24. The monoisotopic (exact) mass is 291 g/mol. The number of nitrogens with zero attached hydrogens (tertiary/aromatic N) is 1. The van der Waals surface area contributed by atoms with Crippen LogP contribution in [0.25, 0.3) is 0 Å². The third kappa shape index (κ3) is 2.78. The highest BCUT2D eigenvalue weighted by atomic mass is 35.5. The number of likely N-dealkylation sites (tertiary alicyclic amines) is 1. The van der Waals surface area contributed by atoms with E-state index >= 15 is 0 Å². The lowest BCUT2D eigenvalue weighted by Gasteiger charge is -2.33. The number of terminal acetylenes is 1. The molecule has 1 N–H and O–H groups in total. The number of amides is 1. The fourth-order valence-electron chi connectivity index (χ4n) is 2.36. The van der Waals surface area contributed by atoms with Crippen molar-refractivity contribution in [2.45, 2.75) is 25.3 Å². The molecule has 0 spiro atoms. The molecule has 1 amide bonds. The van der Waals surface area contributed by atoms with Crippen molar-refractivity contribution in [2.24, 2.45) is 0 Å². The van der Waals surface area contributed by atoms with Gasteiger partial charge in [0, 0.05) is 12.1 Å². The Kier molecular flexibility index (Phi) is 4.31. The van der Waals surface area contributed by atoms with Gasteiger partial charge in [0.1, 0.15) is 6.04 Å². The number of aliphatic carboxylic acids is 1. The zero-order valence-electron chi connectivity index (χ0n) is 10.8. The van der Waals surface area contributed by atoms with Crippen LogP contribution in [0.4, 0.5) is 0 Å². The van der Waals surface area contributed by atoms with E-state index in [0.29, 0.717) is 24.1 Å². The Morgan fingerprint density at radius 1 is 1.40 bits per heavy atom. The van der Waals surface area contributed by atoms with Crippen molar-refractivity contribution >= 4 is 23.5 Å². The highest BCUT2D eigenvalue weighted by molar-refractivity contribution is 6.34. The van der Waals surface area contributed by atoms with Crippen molar-refractivity contribution in [1.82, 2.24) is 4.90 Å². The van der Waals surface area contributed by atoms with Crippen molar-refractivity contribution in [3.05, 3.63) is 34.3 Å². The molecule has 104 valence electrons. The van der Waals surface area contributed by atoms with Crippen LogP contribution in [0.1, 0.15) is 35.2 Å². The number of carboxylic acid groups (broad SMARTS) is 1. The molecule has 1 aromatic rings. The number of halogens is 1. The molecule has 20 heavy (non-hydrogen) atoms. The van der Waals surface area contributed by atoms with Gasteiger partial charge in [0.25, 0.3) is 5.91 Å². The van der Waals surface area contributed by atoms with E-state index < -0.39 is 12.0 Å². The number of hydrogen-bond acceptors (Lipinski definition) is 2. The molecule has 1 saturated heterocycles. The number of piperidine rings is 1. The Bertz CT molecular complexity index is 591. The van der Waals surface area contributed by atoms with Gasteiger partial charge in [-0.3, -0.25) is 4.79 Å². The molecule has 0 aliphatic carbocycles. The van der Waals surface area contributed by atoms with Gasteiger partial charge >= 0.3 is 5.97 Å². The molecule has 4 nitrogen and oxygen atoms in total. The summed E-state index contributed by atoms with van der Waals surface area (Å²) in [6.45, 7) is 0.434. The first-order chi connectivity index (χ1) is 9.54. The molecule has 0 aromatic heterocycles. The summed E-state index contributed by atoms with van der Waals surface area (Å²) in [5.74, 6) is 1.10. The predicted octanol–water partition coefficient (Wildman–Crippen LogP) is 2.40. The van der Waals surface area contributed by atoms with Crippen LogP contribution in [0, 0.1) is 12.3 Å². The van der Waals surface area contributed by atoms with Crippen LogP contribution in [-0.2, 0) is 4.79 Å². The van der Waals surface area contributed by atoms with Crippen LogP contribution < -0.4 is 0 Å². The standard InChI is InChI=1S/C15H14ClNO3/c1-2-10-6-7-11(12(16)9-10)14(18)17-8-4-3-5-13(17)15(19)20/h1,6-7,9,13H,3-5,8H2,(H,19,20). The Morgan fingerprint density at radius 2 is 2.15 bits per heavy atom. The summed E-state index contributed by atoms with van der Waals surface area (Å²) in [5.41, 5.74) is 0.874. The van der Waals surface area contributed by atoms with E-state index in [0.717, 1.165) is 12.8 Å². The van der Waals surface area contributed by atoms with Gasteiger partial charge in [0.05, 0.1) is 10.6 Å². The maximum Gasteiger partial charge on any atom is 0.326 e. The summed E-state index contributed by atoms with van der Waals surface area (Å²) < 4.78 is 0. The van der Waals surface area contributed by atoms with Crippen molar-refractivity contribution in [1.29, 1.82) is 0 Å². The summed E-state index contributed by atoms with van der Waals surface area (Å²) in [7, 11) is 0. The average Bonchev–Trinajstić information content (AvgIpc) is 2.46. The van der Waals surface area contributed by atoms with Crippen LogP contribution in [0.5, 0.6) is 0 Å². The molecule has 5 heteroatoms. The molecular weight excluding hydrogens is 278 g/mol. The molecule has 0 bridgehead atoms. The van der Waals surface area contributed by atoms with E-state index in [9.17, 15) is 14.7 Å². The second kappa shape index (κ2) is 5.98. The van der Waals surface area contributed by atoms with Crippen LogP contribution >= 0.6 is 11.6 Å². The molecule has 1 atom stereocenters.